The van der Waals surface area contributed by atoms with Crippen molar-refractivity contribution in [2.45, 2.75) is 104 Å². The summed E-state index contributed by atoms with van der Waals surface area (Å²) in [6.45, 7) is 7.31. The minimum absolute atomic E-state index is 0.177. The van der Waals surface area contributed by atoms with Gasteiger partial charge in [0, 0.05) is 6.42 Å². The number of hydrogen-bond donors (Lipinski definition) is 0. The lowest BCUT2D eigenvalue weighted by Crippen LogP contribution is -2.53. The van der Waals surface area contributed by atoms with Crippen LogP contribution in [0, 0.1) is 46.3 Å². The minimum atomic E-state index is -3.99. The van der Waals surface area contributed by atoms with Crippen molar-refractivity contribution in [1.82, 2.24) is 0 Å². The molecule has 156 valence electrons. The molecule has 8 atom stereocenters. The van der Waals surface area contributed by atoms with Gasteiger partial charge >= 0.3 is 6.18 Å². The molecule has 0 aromatic carbocycles. The Kier molecular flexibility index (Phi) is 5.16. The SMILES string of the molecule is CCC1CCC2(C)C(CCC3C4CCC(CCC(F)(F)F)C4(C)CCC32)C1. The van der Waals surface area contributed by atoms with Gasteiger partial charge in [-0.1, -0.05) is 27.2 Å². The van der Waals surface area contributed by atoms with Crippen LogP contribution >= 0.6 is 0 Å². The largest absolute Gasteiger partial charge is 0.389 e. The second kappa shape index (κ2) is 6.94. The van der Waals surface area contributed by atoms with Crippen LogP contribution in [0.4, 0.5) is 13.2 Å². The van der Waals surface area contributed by atoms with E-state index >= 15 is 0 Å². The summed E-state index contributed by atoms with van der Waals surface area (Å²) in [5.74, 6) is 4.46. The molecule has 0 radical (unpaired) electrons. The second-order valence-electron chi connectivity index (χ2n) is 11.2. The maximum Gasteiger partial charge on any atom is 0.389 e. The van der Waals surface area contributed by atoms with Crippen molar-refractivity contribution in [3.8, 4) is 0 Å². The summed E-state index contributed by atoms with van der Waals surface area (Å²) >= 11 is 0. The summed E-state index contributed by atoms with van der Waals surface area (Å²) in [5.41, 5.74) is 0.691. The first-order chi connectivity index (χ1) is 12.7. The summed E-state index contributed by atoms with van der Waals surface area (Å²) in [4.78, 5) is 0. The van der Waals surface area contributed by atoms with E-state index in [0.717, 1.165) is 30.1 Å². The Balaban J connectivity index is 1.49. The Labute approximate surface area is 164 Å². The predicted molar refractivity (Wildman–Crippen MR) is 104 cm³/mol. The zero-order valence-electron chi connectivity index (χ0n) is 17.6. The van der Waals surface area contributed by atoms with Crippen LogP contribution in [0.3, 0.4) is 0 Å². The van der Waals surface area contributed by atoms with Crippen LogP contribution in [0.5, 0.6) is 0 Å². The zero-order valence-corrected chi connectivity index (χ0v) is 17.6. The first-order valence-corrected chi connectivity index (χ1v) is 11.7. The molecule has 0 heterocycles. The maximum atomic E-state index is 12.8. The van der Waals surface area contributed by atoms with Crippen molar-refractivity contribution in [3.05, 3.63) is 0 Å². The Morgan fingerprint density at radius 3 is 2.26 bits per heavy atom. The molecule has 0 N–H and O–H groups in total. The molecule has 4 aliphatic carbocycles. The van der Waals surface area contributed by atoms with E-state index in [9.17, 15) is 13.2 Å². The molecule has 0 aromatic heterocycles. The third-order valence-corrected chi connectivity index (χ3v) is 10.3. The van der Waals surface area contributed by atoms with Gasteiger partial charge < -0.3 is 0 Å². The summed E-state index contributed by atoms with van der Waals surface area (Å²) in [6, 6.07) is 0. The van der Waals surface area contributed by atoms with E-state index in [1.54, 1.807) is 0 Å². The number of alkyl halides is 3. The molecule has 0 nitrogen and oxygen atoms in total. The van der Waals surface area contributed by atoms with E-state index in [4.69, 9.17) is 0 Å². The van der Waals surface area contributed by atoms with E-state index in [1.165, 1.54) is 57.8 Å². The number of rotatable bonds is 3. The molecule has 4 saturated carbocycles. The minimum Gasteiger partial charge on any atom is -0.171 e. The number of hydrogen-bond acceptors (Lipinski definition) is 0. The summed E-state index contributed by atoms with van der Waals surface area (Å²) in [6.07, 6.45) is 8.81. The average Bonchev–Trinajstić information content (AvgIpc) is 2.95. The fourth-order valence-electron chi connectivity index (χ4n) is 8.64. The third-order valence-electron chi connectivity index (χ3n) is 10.3. The van der Waals surface area contributed by atoms with E-state index < -0.39 is 12.6 Å². The first-order valence-electron chi connectivity index (χ1n) is 11.7. The number of halogens is 3. The molecule has 27 heavy (non-hydrogen) atoms. The van der Waals surface area contributed by atoms with Gasteiger partial charge in [-0.25, -0.2) is 0 Å². The van der Waals surface area contributed by atoms with Gasteiger partial charge in [0.2, 0.25) is 0 Å². The molecule has 0 aromatic rings. The molecule has 4 aliphatic rings. The fraction of sp³-hybridized carbons (Fsp3) is 1.00. The highest BCUT2D eigenvalue weighted by Crippen LogP contribution is 2.68. The molecule has 3 heteroatoms. The van der Waals surface area contributed by atoms with Crippen molar-refractivity contribution in [2.24, 2.45) is 46.3 Å². The summed E-state index contributed by atoms with van der Waals surface area (Å²) < 4.78 is 38.5. The standard InChI is InChI=1S/C24H39F3/c1-4-16-9-12-23(3)18(15-16)5-7-19-20-8-6-17(10-14-24(25,26)27)22(20,2)13-11-21(19)23/h16-21H,4-15H2,1-3H3. The maximum absolute atomic E-state index is 12.8. The quantitative estimate of drug-likeness (QED) is 0.462. The smallest absolute Gasteiger partial charge is 0.171 e. The molecule has 0 saturated heterocycles. The zero-order chi connectivity index (χ0) is 19.4. The molecule has 0 aliphatic heterocycles. The van der Waals surface area contributed by atoms with Crippen LogP contribution in [0.15, 0.2) is 0 Å². The lowest BCUT2D eigenvalue weighted by Gasteiger charge is -2.61. The van der Waals surface area contributed by atoms with Crippen LogP contribution < -0.4 is 0 Å². The lowest BCUT2D eigenvalue weighted by atomic mass is 9.44. The Hall–Kier alpha value is -0.210. The highest BCUT2D eigenvalue weighted by Gasteiger charge is 2.60. The normalized spacial score (nSPS) is 50.0. The van der Waals surface area contributed by atoms with Crippen molar-refractivity contribution in [1.29, 1.82) is 0 Å². The van der Waals surface area contributed by atoms with Gasteiger partial charge in [0.15, 0.2) is 0 Å². The first kappa shape index (κ1) is 20.1. The van der Waals surface area contributed by atoms with E-state index in [0.29, 0.717) is 23.7 Å². The van der Waals surface area contributed by atoms with E-state index in [1.807, 2.05) is 0 Å². The highest BCUT2D eigenvalue weighted by atomic mass is 19.4. The van der Waals surface area contributed by atoms with Crippen molar-refractivity contribution >= 4 is 0 Å². The second-order valence-corrected chi connectivity index (χ2v) is 11.2. The lowest BCUT2D eigenvalue weighted by molar-refractivity contribution is -0.144. The third kappa shape index (κ3) is 3.37. The van der Waals surface area contributed by atoms with E-state index in [2.05, 4.69) is 20.8 Å². The summed E-state index contributed by atoms with van der Waals surface area (Å²) in [5, 5.41) is 0. The monoisotopic (exact) mass is 384 g/mol. The Morgan fingerprint density at radius 2 is 1.56 bits per heavy atom. The van der Waals surface area contributed by atoms with Gasteiger partial charge in [0.25, 0.3) is 0 Å². The predicted octanol–water partition coefficient (Wildman–Crippen LogP) is 8.01. The number of fused-ring (bicyclic) bond motifs is 5. The molecule has 8 unspecified atom stereocenters. The molecular formula is C24H39F3. The van der Waals surface area contributed by atoms with Gasteiger partial charge in [-0.2, -0.15) is 13.2 Å². The molecule has 0 bridgehead atoms. The van der Waals surface area contributed by atoms with Gasteiger partial charge in [0.1, 0.15) is 0 Å². The van der Waals surface area contributed by atoms with Crippen molar-refractivity contribution in [3.63, 3.8) is 0 Å². The Bertz CT molecular complexity index is 540. The van der Waals surface area contributed by atoms with Gasteiger partial charge in [0.05, 0.1) is 0 Å². The van der Waals surface area contributed by atoms with Gasteiger partial charge in [-0.05, 0) is 111 Å². The van der Waals surface area contributed by atoms with Crippen LogP contribution in [-0.4, -0.2) is 6.18 Å². The highest BCUT2D eigenvalue weighted by molar-refractivity contribution is 5.09. The molecule has 0 amide bonds. The van der Waals surface area contributed by atoms with Crippen molar-refractivity contribution < 1.29 is 13.2 Å². The average molecular weight is 385 g/mol. The topological polar surface area (TPSA) is 0 Å². The van der Waals surface area contributed by atoms with Gasteiger partial charge in [-0.15, -0.1) is 0 Å². The van der Waals surface area contributed by atoms with Crippen LogP contribution in [0.1, 0.15) is 97.8 Å². The van der Waals surface area contributed by atoms with Crippen LogP contribution in [0.25, 0.3) is 0 Å². The fourth-order valence-corrected chi connectivity index (χ4v) is 8.64. The van der Waals surface area contributed by atoms with Crippen LogP contribution in [-0.2, 0) is 0 Å². The van der Waals surface area contributed by atoms with Crippen molar-refractivity contribution in [2.75, 3.05) is 0 Å². The molecular weight excluding hydrogens is 345 g/mol. The Morgan fingerprint density at radius 1 is 0.852 bits per heavy atom. The van der Waals surface area contributed by atoms with Crippen LogP contribution in [0.2, 0.25) is 0 Å². The summed E-state index contributed by atoms with van der Waals surface area (Å²) in [7, 11) is 0. The van der Waals surface area contributed by atoms with Gasteiger partial charge in [-0.3, -0.25) is 0 Å². The molecule has 0 spiro atoms. The molecule has 4 fully saturated rings. The molecule has 4 rings (SSSR count). The van der Waals surface area contributed by atoms with E-state index in [-0.39, 0.29) is 5.41 Å².